The second kappa shape index (κ2) is 12.4. The molecule has 0 spiro atoms. The van der Waals surface area contributed by atoms with Gasteiger partial charge in [-0.05, 0) is 80.9 Å². The maximum atomic E-state index is 13.2. The molecule has 180 valence electrons. The fourth-order valence-corrected chi connectivity index (χ4v) is 6.21. The van der Waals surface area contributed by atoms with E-state index in [4.69, 9.17) is 16.3 Å². The summed E-state index contributed by atoms with van der Waals surface area (Å²) < 4.78 is 5.90. The number of fused-ring (bicyclic) bond motifs is 3. The van der Waals surface area contributed by atoms with Crippen molar-refractivity contribution in [2.45, 2.75) is 129 Å². The van der Waals surface area contributed by atoms with Crippen LogP contribution < -0.4 is 4.74 Å². The Labute approximate surface area is 201 Å². The van der Waals surface area contributed by atoms with Crippen LogP contribution in [0.2, 0.25) is 5.02 Å². The van der Waals surface area contributed by atoms with Gasteiger partial charge < -0.3 is 4.74 Å². The highest BCUT2D eigenvalue weighted by atomic mass is 35.5. The van der Waals surface area contributed by atoms with Crippen LogP contribution in [-0.4, -0.2) is 5.97 Å². The minimum Gasteiger partial charge on any atom is -0.425 e. The molecule has 3 heteroatoms. The molecule has 32 heavy (non-hydrogen) atoms. The van der Waals surface area contributed by atoms with Gasteiger partial charge in [0.2, 0.25) is 0 Å². The molecule has 2 nitrogen and oxygen atoms in total. The third-order valence-corrected chi connectivity index (χ3v) is 8.71. The van der Waals surface area contributed by atoms with Crippen LogP contribution in [0.3, 0.4) is 0 Å². The molecule has 0 unspecified atom stereocenters. The van der Waals surface area contributed by atoms with Crippen molar-refractivity contribution >= 4 is 17.6 Å². The van der Waals surface area contributed by atoms with E-state index in [-0.39, 0.29) is 11.4 Å². The molecule has 3 fully saturated rings. The van der Waals surface area contributed by atoms with Crippen molar-refractivity contribution in [3.05, 3.63) is 28.8 Å². The number of aryl methyl sites for hydroxylation is 1. The number of ether oxygens (including phenoxy) is 1. The zero-order chi connectivity index (χ0) is 22.9. The van der Waals surface area contributed by atoms with Crippen molar-refractivity contribution < 1.29 is 9.53 Å². The van der Waals surface area contributed by atoms with Gasteiger partial charge in [-0.15, -0.1) is 0 Å². The summed E-state index contributed by atoms with van der Waals surface area (Å²) in [6.45, 7) is 4.52. The molecule has 1 aromatic carbocycles. The van der Waals surface area contributed by atoms with Crippen LogP contribution in [0.25, 0.3) is 0 Å². The summed E-state index contributed by atoms with van der Waals surface area (Å²) in [7, 11) is 0. The second-order valence-corrected chi connectivity index (χ2v) is 11.2. The molecule has 0 radical (unpaired) electrons. The zero-order valence-corrected chi connectivity index (χ0v) is 21.4. The lowest BCUT2D eigenvalue weighted by molar-refractivity contribution is -0.156. The van der Waals surface area contributed by atoms with Crippen molar-refractivity contribution in [3.63, 3.8) is 0 Å². The van der Waals surface area contributed by atoms with Gasteiger partial charge in [0.15, 0.2) is 0 Å². The third kappa shape index (κ3) is 6.75. The van der Waals surface area contributed by atoms with E-state index in [2.05, 4.69) is 19.9 Å². The summed E-state index contributed by atoms with van der Waals surface area (Å²) >= 11 is 6.51. The van der Waals surface area contributed by atoms with Crippen molar-refractivity contribution in [2.24, 2.45) is 10.8 Å². The van der Waals surface area contributed by atoms with E-state index in [1.807, 2.05) is 12.1 Å². The molecule has 0 aromatic heterocycles. The summed E-state index contributed by atoms with van der Waals surface area (Å²) in [5, 5.41) is 0.578. The highest BCUT2D eigenvalue weighted by Gasteiger charge is 2.52. The molecule has 0 atom stereocenters. The van der Waals surface area contributed by atoms with E-state index in [1.165, 1.54) is 95.5 Å². The molecule has 0 heterocycles. The smallest absolute Gasteiger partial charge is 0.317 e. The average molecular weight is 461 g/mol. The first-order chi connectivity index (χ1) is 15.5. The van der Waals surface area contributed by atoms with Crippen LogP contribution in [0.4, 0.5) is 0 Å². The number of hydrogen-bond donors (Lipinski definition) is 0. The summed E-state index contributed by atoms with van der Waals surface area (Å²) in [4.78, 5) is 13.2. The Morgan fingerprint density at radius 3 is 2.03 bits per heavy atom. The van der Waals surface area contributed by atoms with Gasteiger partial charge in [-0.25, -0.2) is 0 Å². The first-order valence-electron chi connectivity index (χ1n) is 13.5. The fourth-order valence-electron chi connectivity index (χ4n) is 5.97. The molecule has 0 saturated heterocycles. The number of carbonyl (C=O) groups excluding carboxylic acids is 1. The number of hydrogen-bond acceptors (Lipinski definition) is 2. The molecule has 1 aromatic rings. The molecule has 3 aliphatic carbocycles. The second-order valence-electron chi connectivity index (χ2n) is 10.8. The number of halogens is 1. The molecular formula is C29H45ClO2. The largest absolute Gasteiger partial charge is 0.425 e. The summed E-state index contributed by atoms with van der Waals surface area (Å²) in [6.07, 6.45) is 22.1. The first kappa shape index (κ1) is 25.6. The molecule has 3 saturated carbocycles. The lowest BCUT2D eigenvalue weighted by Gasteiger charge is -2.52. The highest BCUT2D eigenvalue weighted by Crippen LogP contribution is 2.59. The number of unbranched alkanes of at least 4 members (excludes halogenated alkanes) is 8. The number of esters is 1. The lowest BCUT2D eigenvalue weighted by atomic mass is 9.52. The quantitative estimate of drug-likeness (QED) is 0.157. The topological polar surface area (TPSA) is 26.3 Å². The Hall–Kier alpha value is -1.02. The third-order valence-electron chi connectivity index (χ3n) is 8.41. The predicted molar refractivity (Wildman–Crippen MR) is 135 cm³/mol. The Morgan fingerprint density at radius 2 is 1.44 bits per heavy atom. The number of benzene rings is 1. The molecule has 3 aliphatic rings. The molecule has 0 aliphatic heterocycles. The van der Waals surface area contributed by atoms with Crippen LogP contribution >= 0.6 is 11.6 Å². The van der Waals surface area contributed by atoms with E-state index >= 15 is 0 Å². The van der Waals surface area contributed by atoms with Gasteiger partial charge >= 0.3 is 5.97 Å². The predicted octanol–water partition coefficient (Wildman–Crippen LogP) is 9.46. The van der Waals surface area contributed by atoms with E-state index < -0.39 is 0 Å². The standard InChI is InChI=1S/C29H45ClO2/c1-3-5-7-9-11-13-24-14-15-26(25(30)23-24)32-27(31)29-20-17-28(18-21-29,19-22-29)16-12-10-8-6-4-2/h14-15,23H,3-13,16-22H2,1-2H3. The van der Waals surface area contributed by atoms with Crippen LogP contribution in [0.15, 0.2) is 18.2 Å². The van der Waals surface area contributed by atoms with Crippen LogP contribution in [0.5, 0.6) is 5.75 Å². The summed E-state index contributed by atoms with van der Waals surface area (Å²) in [5.74, 6) is 0.502. The minimum absolute atomic E-state index is 0.0389. The lowest BCUT2D eigenvalue weighted by Crippen LogP contribution is -2.47. The van der Waals surface area contributed by atoms with Gasteiger partial charge in [0.05, 0.1) is 10.4 Å². The SMILES string of the molecule is CCCCCCCc1ccc(OC(=O)C23CCC(CCCCCCC)(CC2)CC3)c(Cl)c1. The molecule has 4 rings (SSSR count). The zero-order valence-electron chi connectivity index (χ0n) is 20.7. The molecule has 0 N–H and O–H groups in total. The fraction of sp³-hybridized carbons (Fsp3) is 0.759. The number of carbonyl (C=O) groups is 1. The molecule has 0 amide bonds. The van der Waals surface area contributed by atoms with E-state index in [0.717, 1.165) is 25.7 Å². The Morgan fingerprint density at radius 1 is 0.844 bits per heavy atom. The van der Waals surface area contributed by atoms with Gasteiger partial charge in [0.25, 0.3) is 0 Å². The van der Waals surface area contributed by atoms with Crippen LogP contribution in [-0.2, 0) is 11.2 Å². The number of rotatable bonds is 14. The van der Waals surface area contributed by atoms with Crippen molar-refractivity contribution in [1.82, 2.24) is 0 Å². The van der Waals surface area contributed by atoms with Crippen LogP contribution in [0.1, 0.15) is 129 Å². The first-order valence-corrected chi connectivity index (χ1v) is 13.9. The maximum Gasteiger partial charge on any atom is 0.317 e. The maximum absolute atomic E-state index is 13.2. The Balaban J connectivity index is 1.47. The van der Waals surface area contributed by atoms with Gasteiger partial charge in [-0.1, -0.05) is 89.3 Å². The molecular weight excluding hydrogens is 416 g/mol. The van der Waals surface area contributed by atoms with E-state index in [9.17, 15) is 4.79 Å². The normalized spacial score (nSPS) is 24.6. The average Bonchev–Trinajstić information content (AvgIpc) is 2.81. The Kier molecular flexibility index (Phi) is 9.96. The van der Waals surface area contributed by atoms with Crippen molar-refractivity contribution in [1.29, 1.82) is 0 Å². The van der Waals surface area contributed by atoms with Crippen molar-refractivity contribution in [3.8, 4) is 5.75 Å². The Bertz CT molecular complexity index is 701. The van der Waals surface area contributed by atoms with Gasteiger partial charge in [-0.3, -0.25) is 4.79 Å². The monoisotopic (exact) mass is 460 g/mol. The summed E-state index contributed by atoms with van der Waals surface area (Å²) in [6, 6.07) is 5.98. The van der Waals surface area contributed by atoms with E-state index in [0.29, 0.717) is 16.2 Å². The van der Waals surface area contributed by atoms with Gasteiger partial charge in [-0.2, -0.15) is 0 Å². The van der Waals surface area contributed by atoms with Crippen molar-refractivity contribution in [2.75, 3.05) is 0 Å². The highest BCUT2D eigenvalue weighted by molar-refractivity contribution is 6.32. The van der Waals surface area contributed by atoms with E-state index in [1.54, 1.807) is 0 Å². The van der Waals surface area contributed by atoms with Crippen LogP contribution in [0, 0.1) is 10.8 Å². The minimum atomic E-state index is -0.273. The van der Waals surface area contributed by atoms with Gasteiger partial charge in [0.1, 0.15) is 5.75 Å². The molecule has 2 bridgehead atoms. The van der Waals surface area contributed by atoms with Gasteiger partial charge in [0, 0.05) is 0 Å². The summed E-state index contributed by atoms with van der Waals surface area (Å²) in [5.41, 5.74) is 1.47.